The smallest absolute Gasteiger partial charge is 0.418 e. The van der Waals surface area contributed by atoms with Gasteiger partial charge in [-0.2, -0.15) is 13.2 Å². The van der Waals surface area contributed by atoms with Gasteiger partial charge in [-0.25, -0.2) is 4.98 Å². The highest BCUT2D eigenvalue weighted by atomic mass is 19.4. The topological polar surface area (TPSA) is 97.3 Å². The molecule has 2 aromatic heterocycles. The summed E-state index contributed by atoms with van der Waals surface area (Å²) in [4.78, 5) is 40.5. The second-order valence-electron chi connectivity index (χ2n) is 9.14. The maximum Gasteiger partial charge on any atom is 0.418 e. The van der Waals surface area contributed by atoms with Crippen LogP contribution in [-0.2, 0) is 6.18 Å². The molecule has 11 heteroatoms. The van der Waals surface area contributed by atoms with Crippen LogP contribution in [0.2, 0.25) is 0 Å². The van der Waals surface area contributed by atoms with E-state index in [4.69, 9.17) is 4.74 Å². The number of piperidine rings is 1. The zero-order chi connectivity index (χ0) is 27.6. The van der Waals surface area contributed by atoms with E-state index in [-0.39, 0.29) is 24.9 Å². The number of aromatic nitrogens is 3. The second-order valence-corrected chi connectivity index (χ2v) is 9.14. The van der Waals surface area contributed by atoms with Crippen LogP contribution < -0.4 is 10.1 Å². The predicted octanol–water partition coefficient (Wildman–Crippen LogP) is 4.48. The molecular weight excluding hydrogens is 511 g/mol. The number of methoxy groups -OCH3 is 1. The number of hydrogen-bond acceptors (Lipinski definition) is 6. The van der Waals surface area contributed by atoms with E-state index in [1.807, 2.05) is 30.3 Å². The van der Waals surface area contributed by atoms with Gasteiger partial charge >= 0.3 is 6.18 Å². The van der Waals surface area contributed by atoms with E-state index in [9.17, 15) is 22.8 Å². The Morgan fingerprint density at radius 2 is 1.77 bits per heavy atom. The Morgan fingerprint density at radius 1 is 1.00 bits per heavy atom. The first-order chi connectivity index (χ1) is 18.8. The summed E-state index contributed by atoms with van der Waals surface area (Å²) in [6.45, 7) is 0.519. The molecule has 0 saturated carbocycles. The Morgan fingerprint density at radius 3 is 2.51 bits per heavy atom. The Balaban J connectivity index is 1.42. The number of fused-ring (bicyclic) bond motifs is 1. The third kappa shape index (κ3) is 5.38. The molecule has 1 saturated heterocycles. The van der Waals surface area contributed by atoms with Gasteiger partial charge in [0.15, 0.2) is 0 Å². The summed E-state index contributed by atoms with van der Waals surface area (Å²) >= 11 is 0. The number of ether oxygens (including phenoxy) is 1. The Bertz CT molecular complexity index is 1510. The van der Waals surface area contributed by atoms with Gasteiger partial charge in [0.1, 0.15) is 17.0 Å². The minimum absolute atomic E-state index is 0.239. The van der Waals surface area contributed by atoms with Gasteiger partial charge in [0.05, 0.1) is 18.2 Å². The van der Waals surface area contributed by atoms with Crippen LogP contribution in [0.5, 0.6) is 5.75 Å². The molecule has 200 valence electrons. The van der Waals surface area contributed by atoms with Crippen molar-refractivity contribution in [1.82, 2.24) is 25.2 Å². The van der Waals surface area contributed by atoms with Gasteiger partial charge in [0.2, 0.25) is 0 Å². The Hall–Kier alpha value is -4.54. The number of amides is 2. The molecule has 2 atom stereocenters. The summed E-state index contributed by atoms with van der Waals surface area (Å²) in [5.74, 6) is -1.11. The molecule has 0 radical (unpaired) electrons. The van der Waals surface area contributed by atoms with Crippen molar-refractivity contribution in [2.45, 2.75) is 24.6 Å². The first kappa shape index (κ1) is 26.1. The molecule has 4 aromatic rings. The first-order valence-electron chi connectivity index (χ1n) is 12.2. The fourth-order valence-electron chi connectivity index (χ4n) is 4.90. The molecule has 0 spiro atoms. The van der Waals surface area contributed by atoms with Crippen LogP contribution in [0.3, 0.4) is 0 Å². The highest BCUT2D eigenvalue weighted by Crippen LogP contribution is 2.33. The van der Waals surface area contributed by atoms with Gasteiger partial charge in [-0.15, -0.1) is 0 Å². The fourth-order valence-corrected chi connectivity index (χ4v) is 4.90. The number of pyridine rings is 1. The fraction of sp³-hybridized carbons (Fsp3) is 0.250. The zero-order valence-corrected chi connectivity index (χ0v) is 20.9. The van der Waals surface area contributed by atoms with Crippen LogP contribution in [-0.4, -0.2) is 57.9 Å². The third-order valence-electron chi connectivity index (χ3n) is 6.78. The monoisotopic (exact) mass is 535 g/mol. The van der Waals surface area contributed by atoms with Gasteiger partial charge in [0.25, 0.3) is 11.8 Å². The molecule has 1 aliphatic rings. The molecule has 0 aliphatic carbocycles. The van der Waals surface area contributed by atoms with Crippen LogP contribution in [0.25, 0.3) is 11.0 Å². The molecule has 2 aromatic carbocycles. The summed E-state index contributed by atoms with van der Waals surface area (Å²) in [5.41, 5.74) is 0.488. The minimum Gasteiger partial charge on any atom is -0.494 e. The number of hydrogen-bond donors (Lipinski definition) is 1. The largest absolute Gasteiger partial charge is 0.494 e. The number of benzene rings is 2. The van der Waals surface area contributed by atoms with E-state index in [0.29, 0.717) is 28.8 Å². The number of nitrogens with zero attached hydrogens (tertiary/aromatic N) is 4. The van der Waals surface area contributed by atoms with Gasteiger partial charge in [0, 0.05) is 49.2 Å². The second kappa shape index (κ2) is 10.7. The predicted molar refractivity (Wildman–Crippen MR) is 136 cm³/mol. The van der Waals surface area contributed by atoms with E-state index in [1.54, 1.807) is 23.2 Å². The summed E-state index contributed by atoms with van der Waals surface area (Å²) < 4.78 is 45.9. The van der Waals surface area contributed by atoms with E-state index >= 15 is 0 Å². The molecule has 5 rings (SSSR count). The standard InChI is InChI=1S/C28H24F3N5O3/c1-39-23-15-18(14-22-25(23)34-12-11-32-22)27(38)36-13-9-21(19(16-36)17-6-3-2-4-7-17)35-26(37)24-20(28(29,30)31)8-5-10-33-24/h2-8,10-12,14-15,19,21H,9,13,16H2,1H3,(H,35,37)/t19-,21-/m1/s1. The highest BCUT2D eigenvalue weighted by Gasteiger charge is 2.38. The van der Waals surface area contributed by atoms with Crippen LogP contribution in [0, 0.1) is 0 Å². The molecule has 1 fully saturated rings. The number of carbonyl (C=O) groups excluding carboxylic acids is 2. The number of rotatable bonds is 5. The lowest BCUT2D eigenvalue weighted by molar-refractivity contribution is -0.138. The minimum atomic E-state index is -4.72. The van der Waals surface area contributed by atoms with Crippen LogP contribution in [0.15, 0.2) is 73.2 Å². The average molecular weight is 536 g/mol. The molecular formula is C28H24F3N5O3. The van der Waals surface area contributed by atoms with Crippen molar-refractivity contribution in [3.8, 4) is 5.75 Å². The lowest BCUT2D eigenvalue weighted by Gasteiger charge is -2.39. The number of alkyl halides is 3. The summed E-state index contributed by atoms with van der Waals surface area (Å²) in [5, 5.41) is 2.76. The molecule has 0 unspecified atom stereocenters. The normalized spacial score (nSPS) is 17.6. The molecule has 39 heavy (non-hydrogen) atoms. The molecule has 8 nitrogen and oxygen atoms in total. The first-order valence-corrected chi connectivity index (χ1v) is 12.2. The SMILES string of the molecule is COc1cc(C(=O)N2CC[C@@H](NC(=O)c3ncccc3C(F)(F)F)[C@@H](c3ccccc3)C2)cc2nccnc12. The molecule has 3 heterocycles. The van der Waals surface area contributed by atoms with Gasteiger partial charge in [-0.1, -0.05) is 30.3 Å². The summed E-state index contributed by atoms with van der Waals surface area (Å²) in [6, 6.07) is 14.0. The van der Waals surface area contributed by atoms with Crippen molar-refractivity contribution in [1.29, 1.82) is 0 Å². The maximum absolute atomic E-state index is 13.6. The number of carbonyl (C=O) groups is 2. The van der Waals surface area contributed by atoms with E-state index in [2.05, 4.69) is 20.3 Å². The van der Waals surface area contributed by atoms with Crippen LogP contribution in [0.1, 0.15) is 44.3 Å². The van der Waals surface area contributed by atoms with Crippen molar-refractivity contribution in [2.75, 3.05) is 20.2 Å². The van der Waals surface area contributed by atoms with Gasteiger partial charge in [-0.05, 0) is 36.2 Å². The summed E-state index contributed by atoms with van der Waals surface area (Å²) in [7, 11) is 1.49. The number of nitrogens with one attached hydrogen (secondary N) is 1. The Labute approximate surface area is 221 Å². The van der Waals surface area contributed by atoms with E-state index < -0.39 is 29.4 Å². The lowest BCUT2D eigenvalue weighted by Crippen LogP contribution is -2.51. The van der Waals surface area contributed by atoms with Crippen molar-refractivity contribution in [3.63, 3.8) is 0 Å². The molecule has 0 bridgehead atoms. The molecule has 1 aliphatic heterocycles. The highest BCUT2D eigenvalue weighted by molar-refractivity contribution is 5.99. The number of likely N-dealkylation sites (tertiary alicyclic amines) is 1. The summed E-state index contributed by atoms with van der Waals surface area (Å²) in [6.07, 6.45) is -0.168. The maximum atomic E-state index is 13.6. The van der Waals surface area contributed by atoms with Crippen molar-refractivity contribution in [3.05, 3.63) is 95.6 Å². The van der Waals surface area contributed by atoms with Crippen LogP contribution >= 0.6 is 0 Å². The number of halogens is 3. The van der Waals surface area contributed by atoms with Crippen LogP contribution in [0.4, 0.5) is 13.2 Å². The van der Waals surface area contributed by atoms with Crippen molar-refractivity contribution in [2.24, 2.45) is 0 Å². The van der Waals surface area contributed by atoms with Crippen molar-refractivity contribution >= 4 is 22.8 Å². The Kier molecular flexibility index (Phi) is 7.14. The molecule has 2 amide bonds. The van der Waals surface area contributed by atoms with E-state index in [1.165, 1.54) is 13.3 Å². The van der Waals surface area contributed by atoms with Crippen molar-refractivity contribution < 1.29 is 27.5 Å². The third-order valence-corrected chi connectivity index (χ3v) is 6.78. The van der Waals surface area contributed by atoms with E-state index in [0.717, 1.165) is 23.9 Å². The zero-order valence-electron chi connectivity index (χ0n) is 20.9. The molecule has 1 N–H and O–H groups in total. The van der Waals surface area contributed by atoms with Gasteiger partial charge < -0.3 is 15.0 Å². The average Bonchev–Trinajstić information content (AvgIpc) is 2.96. The lowest BCUT2D eigenvalue weighted by atomic mass is 9.85. The van der Waals surface area contributed by atoms with Gasteiger partial charge in [-0.3, -0.25) is 19.6 Å². The quantitative estimate of drug-likeness (QED) is 0.405.